The van der Waals surface area contributed by atoms with Gasteiger partial charge >= 0.3 is 0 Å². The molecule has 0 spiro atoms. The molecule has 20 heavy (non-hydrogen) atoms. The number of fused-ring (bicyclic) bond motifs is 1. The van der Waals surface area contributed by atoms with Gasteiger partial charge in [-0.1, -0.05) is 13.3 Å². The second kappa shape index (κ2) is 4.59. The highest BCUT2D eigenvalue weighted by Crippen LogP contribution is 2.26. The third-order valence-corrected chi connectivity index (χ3v) is 3.11. The van der Waals surface area contributed by atoms with Crippen molar-refractivity contribution in [3.05, 3.63) is 35.5 Å². The van der Waals surface area contributed by atoms with E-state index < -0.39 is 11.6 Å². The lowest BCUT2D eigenvalue weighted by atomic mass is 10.2. The van der Waals surface area contributed by atoms with Crippen molar-refractivity contribution in [2.45, 2.75) is 19.8 Å². The molecule has 104 valence electrons. The molecule has 2 aromatic heterocycles. The number of nitrogens with two attached hydrogens (primary N) is 1. The normalized spacial score (nSPS) is 11.3. The average Bonchev–Trinajstić information content (AvgIpc) is 2.93. The summed E-state index contributed by atoms with van der Waals surface area (Å²) in [6, 6.07) is 3.33. The number of hydrogen-bond donors (Lipinski definition) is 2. The van der Waals surface area contributed by atoms with Crippen LogP contribution in [0.3, 0.4) is 0 Å². The van der Waals surface area contributed by atoms with Gasteiger partial charge in [0.1, 0.15) is 17.3 Å². The van der Waals surface area contributed by atoms with Crippen molar-refractivity contribution >= 4 is 16.9 Å². The van der Waals surface area contributed by atoms with Crippen LogP contribution in [-0.4, -0.2) is 20.0 Å². The molecule has 0 saturated carbocycles. The van der Waals surface area contributed by atoms with Crippen LogP contribution in [0.15, 0.2) is 18.2 Å². The van der Waals surface area contributed by atoms with Gasteiger partial charge in [-0.2, -0.15) is 10.2 Å². The SMILES string of the molecule is CCCc1nn(-c2ccc(F)cc2F)c2n[nH]c(N)c12. The fourth-order valence-electron chi connectivity index (χ4n) is 2.23. The van der Waals surface area contributed by atoms with Gasteiger partial charge in [0.2, 0.25) is 0 Å². The number of aromatic nitrogens is 4. The van der Waals surface area contributed by atoms with E-state index in [0.717, 1.165) is 18.2 Å². The van der Waals surface area contributed by atoms with Crippen molar-refractivity contribution in [1.82, 2.24) is 20.0 Å². The summed E-state index contributed by atoms with van der Waals surface area (Å²) in [6.07, 6.45) is 1.58. The molecule has 0 fully saturated rings. The number of nitrogens with one attached hydrogen (secondary N) is 1. The van der Waals surface area contributed by atoms with E-state index in [1.807, 2.05) is 6.92 Å². The third kappa shape index (κ3) is 1.82. The Morgan fingerprint density at radius 2 is 2.15 bits per heavy atom. The lowest BCUT2D eigenvalue weighted by molar-refractivity contribution is 0.574. The molecule has 0 aliphatic carbocycles. The number of nitrogen functional groups attached to an aromatic ring is 1. The van der Waals surface area contributed by atoms with E-state index in [1.165, 1.54) is 16.8 Å². The van der Waals surface area contributed by atoms with E-state index in [-0.39, 0.29) is 5.69 Å². The summed E-state index contributed by atoms with van der Waals surface area (Å²) in [7, 11) is 0. The van der Waals surface area contributed by atoms with Crippen molar-refractivity contribution in [3.63, 3.8) is 0 Å². The number of aryl methyl sites for hydroxylation is 1. The molecule has 1 aromatic carbocycles. The third-order valence-electron chi connectivity index (χ3n) is 3.11. The predicted molar refractivity (Wildman–Crippen MR) is 71.5 cm³/mol. The van der Waals surface area contributed by atoms with Gasteiger partial charge < -0.3 is 5.73 Å². The monoisotopic (exact) mass is 277 g/mol. The molecule has 0 aliphatic rings. The summed E-state index contributed by atoms with van der Waals surface area (Å²) in [4.78, 5) is 0. The highest BCUT2D eigenvalue weighted by molar-refractivity contribution is 5.89. The molecule has 3 N–H and O–H groups in total. The summed E-state index contributed by atoms with van der Waals surface area (Å²) < 4.78 is 28.2. The van der Waals surface area contributed by atoms with Gasteiger partial charge in [0, 0.05) is 6.07 Å². The fraction of sp³-hybridized carbons (Fsp3) is 0.231. The van der Waals surface area contributed by atoms with Crippen LogP contribution in [0.1, 0.15) is 19.0 Å². The Hall–Kier alpha value is -2.44. The minimum atomic E-state index is -0.695. The molecule has 2 heterocycles. The molecule has 0 atom stereocenters. The maximum atomic E-state index is 13.9. The van der Waals surface area contributed by atoms with Gasteiger partial charge in [-0.25, -0.2) is 13.5 Å². The van der Waals surface area contributed by atoms with Crippen molar-refractivity contribution < 1.29 is 8.78 Å². The molecule has 0 amide bonds. The summed E-state index contributed by atoms with van der Waals surface area (Å²) in [5.74, 6) is -0.929. The quantitative estimate of drug-likeness (QED) is 0.772. The molecule has 5 nitrogen and oxygen atoms in total. The van der Waals surface area contributed by atoms with Gasteiger partial charge in [0.15, 0.2) is 11.5 Å². The second-order valence-corrected chi connectivity index (χ2v) is 4.54. The van der Waals surface area contributed by atoms with Gasteiger partial charge in [-0.3, -0.25) is 5.10 Å². The Labute approximate surface area is 113 Å². The van der Waals surface area contributed by atoms with Crippen LogP contribution in [0.2, 0.25) is 0 Å². The zero-order valence-electron chi connectivity index (χ0n) is 10.8. The van der Waals surface area contributed by atoms with E-state index in [4.69, 9.17) is 5.73 Å². The minimum Gasteiger partial charge on any atom is -0.383 e. The first-order chi connectivity index (χ1) is 9.61. The van der Waals surface area contributed by atoms with Crippen LogP contribution >= 0.6 is 0 Å². The van der Waals surface area contributed by atoms with Gasteiger partial charge in [0.25, 0.3) is 0 Å². The van der Waals surface area contributed by atoms with Crippen LogP contribution in [0, 0.1) is 11.6 Å². The van der Waals surface area contributed by atoms with Crippen LogP contribution in [0.25, 0.3) is 16.7 Å². The standard InChI is InChI=1S/C13H13F2N5/c1-2-3-9-11-12(16)17-18-13(11)20(19-9)10-5-4-7(14)6-8(10)15/h4-6H,2-3H2,1H3,(H3,16,17,18). The van der Waals surface area contributed by atoms with E-state index in [9.17, 15) is 8.78 Å². The van der Waals surface area contributed by atoms with Gasteiger partial charge in [0.05, 0.1) is 11.1 Å². The topological polar surface area (TPSA) is 72.5 Å². The molecule has 0 saturated heterocycles. The Balaban J connectivity index is 2.25. The number of anilines is 1. The first-order valence-electron chi connectivity index (χ1n) is 6.28. The average molecular weight is 277 g/mol. The van der Waals surface area contributed by atoms with E-state index in [0.29, 0.717) is 23.3 Å². The van der Waals surface area contributed by atoms with E-state index >= 15 is 0 Å². The van der Waals surface area contributed by atoms with Crippen LogP contribution in [-0.2, 0) is 6.42 Å². The maximum Gasteiger partial charge on any atom is 0.186 e. The Morgan fingerprint density at radius 1 is 1.35 bits per heavy atom. The highest BCUT2D eigenvalue weighted by Gasteiger charge is 2.19. The number of H-pyrrole nitrogens is 1. The van der Waals surface area contributed by atoms with Gasteiger partial charge in [-0.05, 0) is 18.6 Å². The minimum absolute atomic E-state index is 0.144. The summed E-state index contributed by atoms with van der Waals surface area (Å²) in [5, 5.41) is 11.8. The molecule has 0 aliphatic heterocycles. The van der Waals surface area contributed by atoms with Crippen molar-refractivity contribution in [3.8, 4) is 5.69 Å². The van der Waals surface area contributed by atoms with Crippen LogP contribution < -0.4 is 5.73 Å². The lowest BCUT2D eigenvalue weighted by Crippen LogP contribution is -2.02. The highest BCUT2D eigenvalue weighted by atomic mass is 19.1. The number of nitrogens with zero attached hydrogens (tertiary/aromatic N) is 3. The number of rotatable bonds is 3. The smallest absolute Gasteiger partial charge is 0.186 e. The Bertz CT molecular complexity index is 775. The zero-order valence-corrected chi connectivity index (χ0v) is 10.8. The molecule has 3 rings (SSSR count). The van der Waals surface area contributed by atoms with Crippen molar-refractivity contribution in [2.75, 3.05) is 5.73 Å². The largest absolute Gasteiger partial charge is 0.383 e. The van der Waals surface area contributed by atoms with Crippen LogP contribution in [0.4, 0.5) is 14.6 Å². The molecule has 0 radical (unpaired) electrons. The van der Waals surface area contributed by atoms with E-state index in [1.54, 1.807) is 0 Å². The Morgan fingerprint density at radius 3 is 2.85 bits per heavy atom. The summed E-state index contributed by atoms with van der Waals surface area (Å²) >= 11 is 0. The maximum absolute atomic E-state index is 13.9. The predicted octanol–water partition coefficient (Wildman–Crippen LogP) is 2.56. The number of benzene rings is 1. The first kappa shape index (κ1) is 12.6. The molecule has 3 aromatic rings. The Kier molecular flexibility index (Phi) is 2.89. The fourth-order valence-corrected chi connectivity index (χ4v) is 2.23. The number of hydrogen-bond acceptors (Lipinski definition) is 3. The van der Waals surface area contributed by atoms with Gasteiger partial charge in [-0.15, -0.1) is 0 Å². The second-order valence-electron chi connectivity index (χ2n) is 4.54. The number of aromatic amines is 1. The zero-order chi connectivity index (χ0) is 14.3. The molecule has 0 unspecified atom stereocenters. The first-order valence-corrected chi connectivity index (χ1v) is 6.28. The molecular weight excluding hydrogens is 264 g/mol. The van der Waals surface area contributed by atoms with Crippen molar-refractivity contribution in [2.24, 2.45) is 0 Å². The van der Waals surface area contributed by atoms with Crippen LogP contribution in [0.5, 0.6) is 0 Å². The summed E-state index contributed by atoms with van der Waals surface area (Å²) in [5.41, 5.74) is 7.17. The summed E-state index contributed by atoms with van der Waals surface area (Å²) in [6.45, 7) is 2.01. The number of halogens is 2. The van der Waals surface area contributed by atoms with Crippen molar-refractivity contribution in [1.29, 1.82) is 0 Å². The van der Waals surface area contributed by atoms with E-state index in [2.05, 4.69) is 15.3 Å². The lowest BCUT2D eigenvalue weighted by Gasteiger charge is -2.03. The molecule has 7 heteroatoms. The molecular formula is C13H13F2N5. The molecule has 0 bridgehead atoms.